The summed E-state index contributed by atoms with van der Waals surface area (Å²) in [4.78, 5) is 17.6. The van der Waals surface area contributed by atoms with E-state index in [1.807, 2.05) is 0 Å². The van der Waals surface area contributed by atoms with E-state index in [1.165, 1.54) is 12.3 Å². The number of pyridine rings is 1. The zero-order valence-electron chi connectivity index (χ0n) is 13.7. The molecular formula is C18H19FN4O2. The second-order valence-electron chi connectivity index (χ2n) is 6.56. The highest BCUT2D eigenvalue weighted by Crippen LogP contribution is 2.33. The summed E-state index contributed by atoms with van der Waals surface area (Å²) in [5.41, 5.74) is 1.65. The molecule has 130 valence electrons. The normalized spacial score (nSPS) is 21.5. The molecule has 1 atom stereocenters. The second kappa shape index (κ2) is 6.50. The minimum atomic E-state index is -0.618. The van der Waals surface area contributed by atoms with Crippen molar-refractivity contribution in [2.24, 2.45) is 0 Å². The van der Waals surface area contributed by atoms with Crippen LogP contribution in [0.3, 0.4) is 0 Å². The van der Waals surface area contributed by atoms with Gasteiger partial charge < -0.3 is 5.32 Å². The maximum atomic E-state index is 13.6. The van der Waals surface area contributed by atoms with Gasteiger partial charge in [0.25, 0.3) is 5.69 Å². The van der Waals surface area contributed by atoms with Crippen LogP contribution in [-0.4, -0.2) is 47.0 Å². The molecule has 1 aromatic carbocycles. The summed E-state index contributed by atoms with van der Waals surface area (Å²) >= 11 is 0. The molecule has 0 bridgehead atoms. The largest absolute Gasteiger partial charge is 0.314 e. The molecule has 0 amide bonds. The Morgan fingerprint density at radius 3 is 2.84 bits per heavy atom. The molecule has 1 fully saturated rings. The van der Waals surface area contributed by atoms with Crippen LogP contribution in [0.4, 0.5) is 10.1 Å². The van der Waals surface area contributed by atoms with Crippen LogP contribution in [0.15, 0.2) is 30.5 Å². The van der Waals surface area contributed by atoms with Crippen LogP contribution in [0.1, 0.15) is 18.5 Å². The number of rotatable bonds is 3. The monoisotopic (exact) mass is 342 g/mol. The third-order valence-electron chi connectivity index (χ3n) is 5.03. The van der Waals surface area contributed by atoms with Crippen LogP contribution in [0.2, 0.25) is 0 Å². The third kappa shape index (κ3) is 3.12. The molecule has 0 spiro atoms. The molecule has 0 radical (unpaired) electrons. The third-order valence-corrected chi connectivity index (χ3v) is 5.03. The Kier molecular flexibility index (Phi) is 4.19. The maximum absolute atomic E-state index is 13.6. The van der Waals surface area contributed by atoms with Crippen molar-refractivity contribution in [3.63, 3.8) is 0 Å². The fraction of sp³-hybridized carbons (Fsp3) is 0.389. The maximum Gasteiger partial charge on any atom is 0.280 e. The van der Waals surface area contributed by atoms with Gasteiger partial charge >= 0.3 is 0 Å². The first-order chi connectivity index (χ1) is 12.1. The minimum Gasteiger partial charge on any atom is -0.314 e. The summed E-state index contributed by atoms with van der Waals surface area (Å²) in [6.45, 7) is 4.08. The minimum absolute atomic E-state index is 0.212. The number of nitro groups is 1. The summed E-state index contributed by atoms with van der Waals surface area (Å²) in [5.74, 6) is -0.618. The fourth-order valence-corrected chi connectivity index (χ4v) is 3.75. The summed E-state index contributed by atoms with van der Waals surface area (Å²) in [6, 6.07) is 4.38. The number of non-ortho nitro benzene ring substituents is 1. The second-order valence-corrected chi connectivity index (χ2v) is 6.56. The van der Waals surface area contributed by atoms with Gasteiger partial charge in [-0.3, -0.25) is 20.0 Å². The lowest BCUT2D eigenvalue weighted by molar-refractivity contribution is -0.383. The molecule has 0 unspecified atom stereocenters. The molecule has 1 aliphatic carbocycles. The molecule has 4 rings (SSSR count). The lowest BCUT2D eigenvalue weighted by Crippen LogP contribution is -2.47. The highest BCUT2D eigenvalue weighted by molar-refractivity contribution is 5.92. The molecule has 1 N–H and O–H groups in total. The average Bonchev–Trinajstić information content (AvgIpc) is 3.11. The summed E-state index contributed by atoms with van der Waals surface area (Å²) in [6.07, 6.45) is 5.71. The van der Waals surface area contributed by atoms with E-state index in [4.69, 9.17) is 0 Å². The molecule has 2 aromatic rings. The van der Waals surface area contributed by atoms with Gasteiger partial charge in [0.05, 0.1) is 22.1 Å². The number of halogens is 1. The molecule has 1 aromatic heterocycles. The number of allylic oxidation sites excluding steroid dienone is 1. The van der Waals surface area contributed by atoms with E-state index in [9.17, 15) is 14.5 Å². The van der Waals surface area contributed by atoms with Crippen molar-refractivity contribution in [1.29, 1.82) is 0 Å². The predicted octanol–water partition coefficient (Wildman–Crippen LogP) is 2.73. The van der Waals surface area contributed by atoms with Gasteiger partial charge in [-0.1, -0.05) is 6.08 Å². The fourth-order valence-electron chi connectivity index (χ4n) is 3.75. The smallest absolute Gasteiger partial charge is 0.280 e. The van der Waals surface area contributed by atoms with Crippen LogP contribution < -0.4 is 5.32 Å². The molecule has 7 heteroatoms. The number of hydrogen-bond donors (Lipinski definition) is 1. The molecule has 6 nitrogen and oxygen atoms in total. The number of piperazine rings is 1. The lowest BCUT2D eigenvalue weighted by Gasteiger charge is -2.31. The van der Waals surface area contributed by atoms with E-state index in [0.717, 1.165) is 56.4 Å². The van der Waals surface area contributed by atoms with Gasteiger partial charge in [-0.25, -0.2) is 4.39 Å². The first-order valence-corrected chi connectivity index (χ1v) is 8.51. The number of nitrogens with one attached hydrogen (secondary N) is 1. The van der Waals surface area contributed by atoms with Gasteiger partial charge in [0.15, 0.2) is 0 Å². The molecule has 25 heavy (non-hydrogen) atoms. The number of benzene rings is 1. The van der Waals surface area contributed by atoms with Crippen molar-refractivity contribution < 1.29 is 9.31 Å². The Morgan fingerprint density at radius 1 is 1.28 bits per heavy atom. The molecule has 1 aliphatic heterocycles. The van der Waals surface area contributed by atoms with Crippen LogP contribution in [-0.2, 0) is 0 Å². The number of hydrogen-bond acceptors (Lipinski definition) is 5. The van der Waals surface area contributed by atoms with Crippen molar-refractivity contribution >= 4 is 22.0 Å². The summed E-state index contributed by atoms with van der Waals surface area (Å²) in [5, 5.41) is 15.5. The first-order valence-electron chi connectivity index (χ1n) is 8.51. The topological polar surface area (TPSA) is 71.3 Å². The van der Waals surface area contributed by atoms with Gasteiger partial charge in [-0.05, 0) is 30.5 Å². The number of fused-ring (bicyclic) bond motifs is 1. The van der Waals surface area contributed by atoms with Crippen molar-refractivity contribution in [3.8, 4) is 0 Å². The van der Waals surface area contributed by atoms with E-state index in [-0.39, 0.29) is 5.69 Å². The van der Waals surface area contributed by atoms with Gasteiger partial charge in [0.2, 0.25) is 0 Å². The highest BCUT2D eigenvalue weighted by Gasteiger charge is 2.25. The van der Waals surface area contributed by atoms with Gasteiger partial charge in [0, 0.05) is 43.8 Å². The van der Waals surface area contributed by atoms with Crippen molar-refractivity contribution in [3.05, 3.63) is 52.1 Å². The van der Waals surface area contributed by atoms with E-state index in [1.54, 1.807) is 6.07 Å². The van der Waals surface area contributed by atoms with Crippen LogP contribution in [0.25, 0.3) is 16.3 Å². The number of nitrogens with zero attached hydrogens (tertiary/aromatic N) is 3. The van der Waals surface area contributed by atoms with Crippen LogP contribution in [0, 0.1) is 15.9 Å². The average molecular weight is 342 g/mol. The lowest BCUT2D eigenvalue weighted by atomic mass is 10.1. The SMILES string of the molecule is O=[N+]([O-])c1cc(F)cc2cnc(C3=C[C@H](N4CCNCC4)CC3)cc12. The van der Waals surface area contributed by atoms with Gasteiger partial charge in [-0.15, -0.1) is 0 Å². The number of aromatic nitrogens is 1. The van der Waals surface area contributed by atoms with Crippen molar-refractivity contribution in [1.82, 2.24) is 15.2 Å². The van der Waals surface area contributed by atoms with E-state index in [2.05, 4.69) is 21.3 Å². The summed E-state index contributed by atoms with van der Waals surface area (Å²) < 4.78 is 13.6. The summed E-state index contributed by atoms with van der Waals surface area (Å²) in [7, 11) is 0. The first kappa shape index (κ1) is 16.1. The zero-order chi connectivity index (χ0) is 17.4. The van der Waals surface area contributed by atoms with E-state index < -0.39 is 10.7 Å². The zero-order valence-corrected chi connectivity index (χ0v) is 13.7. The quantitative estimate of drug-likeness (QED) is 0.686. The Labute approximate surface area is 144 Å². The van der Waals surface area contributed by atoms with E-state index >= 15 is 0 Å². The predicted molar refractivity (Wildman–Crippen MR) is 93.8 cm³/mol. The molecule has 0 saturated carbocycles. The number of nitro benzene ring substituents is 1. The molecule has 2 aliphatic rings. The Morgan fingerprint density at radius 2 is 2.08 bits per heavy atom. The molecular weight excluding hydrogens is 323 g/mol. The van der Waals surface area contributed by atoms with Gasteiger partial charge in [-0.2, -0.15) is 0 Å². The van der Waals surface area contributed by atoms with Crippen molar-refractivity contribution in [2.75, 3.05) is 26.2 Å². The standard InChI is InChI=1S/C18H19FN4O2/c19-14-7-13-11-21-17(10-16(13)18(9-14)23(24)25)12-1-2-15(8-12)22-5-3-20-4-6-22/h7-11,15,20H,1-6H2/t15-/m1/s1. The van der Waals surface area contributed by atoms with Crippen LogP contribution in [0.5, 0.6) is 0 Å². The highest BCUT2D eigenvalue weighted by atomic mass is 19.1. The Hall–Kier alpha value is -2.38. The van der Waals surface area contributed by atoms with Gasteiger partial charge in [0.1, 0.15) is 5.82 Å². The van der Waals surface area contributed by atoms with Crippen molar-refractivity contribution in [2.45, 2.75) is 18.9 Å². The van der Waals surface area contributed by atoms with Crippen LogP contribution >= 0.6 is 0 Å². The molecule has 1 saturated heterocycles. The molecule has 2 heterocycles. The van der Waals surface area contributed by atoms with E-state index in [0.29, 0.717) is 16.8 Å². The Balaban J connectivity index is 1.68. The Bertz CT molecular complexity index is 862.